The van der Waals surface area contributed by atoms with Crippen LogP contribution in [0.3, 0.4) is 0 Å². The molecule has 1 heterocycles. The van der Waals surface area contributed by atoms with Crippen molar-refractivity contribution in [2.24, 2.45) is 0 Å². The summed E-state index contributed by atoms with van der Waals surface area (Å²) in [5.41, 5.74) is 1.27. The van der Waals surface area contributed by atoms with E-state index in [0.29, 0.717) is 0 Å². The number of nitrogens with one attached hydrogen (secondary N) is 1. The molecule has 0 saturated carbocycles. The van der Waals surface area contributed by atoms with Crippen LogP contribution in [0.4, 0.5) is 0 Å². The van der Waals surface area contributed by atoms with Crippen molar-refractivity contribution in [3.63, 3.8) is 0 Å². The van der Waals surface area contributed by atoms with E-state index in [9.17, 15) is 0 Å². The highest BCUT2D eigenvalue weighted by molar-refractivity contribution is 9.10. The van der Waals surface area contributed by atoms with Crippen molar-refractivity contribution >= 4 is 31.9 Å². The Kier molecular flexibility index (Phi) is 4.42. The second kappa shape index (κ2) is 5.85. The molecular weight excluding hydrogens is 346 g/mol. The van der Waals surface area contributed by atoms with Gasteiger partial charge in [-0.05, 0) is 53.2 Å². The molecule has 4 heteroatoms. The first-order chi connectivity index (χ1) is 8.20. The zero-order chi connectivity index (χ0) is 12.3. The van der Waals surface area contributed by atoms with Gasteiger partial charge in [-0.3, -0.25) is 0 Å². The van der Waals surface area contributed by atoms with Gasteiger partial charge in [0.1, 0.15) is 5.76 Å². The third kappa shape index (κ3) is 3.21. The lowest BCUT2D eigenvalue weighted by Crippen LogP contribution is -2.18. The fraction of sp³-hybridized carbons (Fsp3) is 0.231. The number of furan rings is 1. The smallest absolute Gasteiger partial charge is 0.135 e. The molecule has 2 aromatic rings. The van der Waals surface area contributed by atoms with E-state index in [1.807, 2.05) is 13.1 Å². The summed E-state index contributed by atoms with van der Waals surface area (Å²) < 4.78 is 7.60. The Balaban J connectivity index is 2.16. The molecule has 1 atom stereocenters. The van der Waals surface area contributed by atoms with E-state index >= 15 is 0 Å². The number of likely N-dealkylation sites (N-methyl/N-ethyl adjacent to an activating group) is 1. The average Bonchev–Trinajstić information content (AvgIpc) is 2.75. The largest absolute Gasteiger partial charge is 0.466 e. The van der Waals surface area contributed by atoms with Crippen LogP contribution in [0.5, 0.6) is 0 Å². The molecule has 1 aromatic carbocycles. The summed E-state index contributed by atoms with van der Waals surface area (Å²) in [5.74, 6) is 0.940. The lowest BCUT2D eigenvalue weighted by Gasteiger charge is -2.14. The molecule has 0 aliphatic heterocycles. The molecular formula is C13H13Br2NO. The molecule has 0 bridgehead atoms. The maximum absolute atomic E-state index is 5.49. The van der Waals surface area contributed by atoms with Gasteiger partial charge < -0.3 is 9.73 Å². The van der Waals surface area contributed by atoms with E-state index < -0.39 is 0 Å². The van der Waals surface area contributed by atoms with E-state index in [1.165, 1.54) is 5.56 Å². The average molecular weight is 359 g/mol. The summed E-state index contributed by atoms with van der Waals surface area (Å²) in [6.45, 7) is 0. The fourth-order valence-electron chi connectivity index (χ4n) is 1.74. The van der Waals surface area contributed by atoms with Crippen LogP contribution in [0.15, 0.2) is 50.0 Å². The number of hydrogen-bond donors (Lipinski definition) is 1. The summed E-state index contributed by atoms with van der Waals surface area (Å²) in [6.07, 6.45) is 2.60. The molecule has 17 heavy (non-hydrogen) atoms. The highest BCUT2D eigenvalue weighted by atomic mass is 79.9. The van der Waals surface area contributed by atoms with Crippen molar-refractivity contribution < 1.29 is 4.42 Å². The monoisotopic (exact) mass is 357 g/mol. The number of benzene rings is 1. The zero-order valence-electron chi connectivity index (χ0n) is 9.41. The Morgan fingerprint density at radius 3 is 2.41 bits per heavy atom. The Labute approximate surface area is 118 Å². The summed E-state index contributed by atoms with van der Waals surface area (Å²) in [5, 5.41) is 3.27. The highest BCUT2D eigenvalue weighted by Gasteiger charge is 2.16. The van der Waals surface area contributed by atoms with E-state index in [2.05, 4.69) is 61.4 Å². The van der Waals surface area contributed by atoms with Gasteiger partial charge in [-0.1, -0.05) is 28.1 Å². The molecule has 1 unspecified atom stereocenters. The number of rotatable bonds is 4. The minimum absolute atomic E-state index is 0.181. The molecule has 1 N–H and O–H groups in total. The first-order valence-corrected chi connectivity index (χ1v) is 6.94. The predicted octanol–water partition coefficient (Wildman–Crippen LogP) is 4.31. The minimum Gasteiger partial charge on any atom is -0.466 e. The van der Waals surface area contributed by atoms with Crippen molar-refractivity contribution in [1.82, 2.24) is 5.32 Å². The molecule has 0 radical (unpaired) electrons. The lowest BCUT2D eigenvalue weighted by atomic mass is 10.0. The van der Waals surface area contributed by atoms with Crippen molar-refractivity contribution in [2.45, 2.75) is 12.5 Å². The number of hydrogen-bond acceptors (Lipinski definition) is 2. The molecule has 0 aliphatic rings. The summed E-state index contributed by atoms with van der Waals surface area (Å²) in [6, 6.07) is 10.4. The van der Waals surface area contributed by atoms with Crippen LogP contribution >= 0.6 is 31.9 Å². The van der Waals surface area contributed by atoms with Gasteiger partial charge in [-0.15, -0.1) is 0 Å². The van der Waals surface area contributed by atoms with Gasteiger partial charge in [0, 0.05) is 4.47 Å². The number of halogens is 2. The first kappa shape index (κ1) is 12.9. The Bertz CT molecular complexity index is 478. The van der Waals surface area contributed by atoms with Gasteiger partial charge in [0.15, 0.2) is 0 Å². The lowest BCUT2D eigenvalue weighted by molar-refractivity contribution is 0.427. The Morgan fingerprint density at radius 2 is 1.88 bits per heavy atom. The molecule has 0 fully saturated rings. The maximum Gasteiger partial charge on any atom is 0.135 e. The third-order valence-electron chi connectivity index (χ3n) is 2.66. The van der Waals surface area contributed by atoms with Crippen molar-refractivity contribution in [3.8, 4) is 0 Å². The van der Waals surface area contributed by atoms with Gasteiger partial charge in [0.25, 0.3) is 0 Å². The van der Waals surface area contributed by atoms with Crippen LogP contribution in [0.25, 0.3) is 0 Å². The maximum atomic E-state index is 5.49. The zero-order valence-corrected chi connectivity index (χ0v) is 12.6. The molecule has 0 amide bonds. The Hall–Kier alpha value is -0.580. The standard InChI is InChI=1S/C13H13Br2NO/c1-16-12(13-11(15)6-7-17-13)8-9-2-4-10(14)5-3-9/h2-7,12,16H,8H2,1H3. The van der Waals surface area contributed by atoms with Gasteiger partial charge in [-0.2, -0.15) is 0 Å². The summed E-state index contributed by atoms with van der Waals surface area (Å²) in [7, 11) is 1.94. The SMILES string of the molecule is CNC(Cc1ccc(Br)cc1)c1occc1Br. The summed E-state index contributed by atoms with van der Waals surface area (Å²) in [4.78, 5) is 0. The second-order valence-corrected chi connectivity index (χ2v) is 5.57. The second-order valence-electron chi connectivity index (χ2n) is 3.80. The van der Waals surface area contributed by atoms with E-state index in [4.69, 9.17) is 4.42 Å². The van der Waals surface area contributed by atoms with Crippen LogP contribution in [-0.4, -0.2) is 7.05 Å². The van der Waals surface area contributed by atoms with Crippen molar-refractivity contribution in [3.05, 3.63) is 56.9 Å². The van der Waals surface area contributed by atoms with E-state index in [1.54, 1.807) is 6.26 Å². The van der Waals surface area contributed by atoms with Gasteiger partial charge in [0.05, 0.1) is 16.8 Å². The van der Waals surface area contributed by atoms with Crippen LogP contribution in [0.2, 0.25) is 0 Å². The highest BCUT2D eigenvalue weighted by Crippen LogP contribution is 2.27. The van der Waals surface area contributed by atoms with Gasteiger partial charge in [0.2, 0.25) is 0 Å². The van der Waals surface area contributed by atoms with Crippen LogP contribution in [-0.2, 0) is 6.42 Å². The molecule has 1 aromatic heterocycles. The van der Waals surface area contributed by atoms with E-state index in [-0.39, 0.29) is 6.04 Å². The Morgan fingerprint density at radius 1 is 1.18 bits per heavy atom. The van der Waals surface area contributed by atoms with Crippen molar-refractivity contribution in [2.75, 3.05) is 7.05 Å². The van der Waals surface area contributed by atoms with Crippen molar-refractivity contribution in [1.29, 1.82) is 0 Å². The molecule has 2 nitrogen and oxygen atoms in total. The molecule has 0 spiro atoms. The van der Waals surface area contributed by atoms with Gasteiger partial charge in [-0.25, -0.2) is 0 Å². The predicted molar refractivity (Wildman–Crippen MR) is 76.1 cm³/mol. The molecule has 0 saturated heterocycles. The minimum atomic E-state index is 0.181. The first-order valence-electron chi connectivity index (χ1n) is 5.35. The van der Waals surface area contributed by atoms with Crippen LogP contribution < -0.4 is 5.32 Å². The molecule has 90 valence electrons. The normalized spacial score (nSPS) is 12.6. The molecule has 2 rings (SSSR count). The third-order valence-corrected chi connectivity index (χ3v) is 3.85. The van der Waals surface area contributed by atoms with Crippen LogP contribution in [0.1, 0.15) is 17.4 Å². The summed E-state index contributed by atoms with van der Waals surface area (Å²) >= 11 is 6.93. The topological polar surface area (TPSA) is 25.2 Å². The quantitative estimate of drug-likeness (QED) is 0.880. The molecule has 0 aliphatic carbocycles. The fourth-order valence-corrected chi connectivity index (χ4v) is 2.48. The van der Waals surface area contributed by atoms with E-state index in [0.717, 1.165) is 21.1 Å². The van der Waals surface area contributed by atoms with Crippen LogP contribution in [0, 0.1) is 0 Å². The van der Waals surface area contributed by atoms with Gasteiger partial charge >= 0.3 is 0 Å².